The molecule has 2 fully saturated rings. The minimum Gasteiger partial charge on any atom is -0.489 e. The van der Waals surface area contributed by atoms with Gasteiger partial charge in [0.1, 0.15) is 18.0 Å². The maximum Gasteiger partial charge on any atom is 0.410 e. The predicted octanol–water partition coefficient (Wildman–Crippen LogP) is 2.88. The van der Waals surface area contributed by atoms with Crippen LogP contribution >= 0.6 is 0 Å². The lowest BCUT2D eigenvalue weighted by atomic mass is 10.00. The summed E-state index contributed by atoms with van der Waals surface area (Å²) in [4.78, 5) is 29.6. The Morgan fingerprint density at radius 3 is 2.57 bits per heavy atom. The molecule has 1 amide bonds. The Bertz CT molecular complexity index is 816. The number of nitrogens with zero attached hydrogens (tertiary/aromatic N) is 4. The van der Waals surface area contributed by atoms with E-state index >= 15 is 0 Å². The van der Waals surface area contributed by atoms with E-state index in [1.807, 2.05) is 25.7 Å². The number of non-ortho nitro benzene ring substituents is 1. The number of rotatable bonds is 2. The minimum atomic E-state index is -0.470. The number of benzene rings is 1. The number of carbonyl (C=O) groups is 1. The second-order valence-electron chi connectivity index (χ2n) is 9.26. The maximum absolute atomic E-state index is 12.3. The molecule has 30 heavy (non-hydrogen) atoms. The van der Waals surface area contributed by atoms with E-state index < -0.39 is 10.5 Å². The molecule has 0 bridgehead atoms. The lowest BCUT2D eigenvalue weighted by Gasteiger charge is -2.48. The van der Waals surface area contributed by atoms with Crippen LogP contribution in [0.3, 0.4) is 0 Å². The lowest BCUT2D eigenvalue weighted by molar-refractivity contribution is -0.384. The van der Waals surface area contributed by atoms with Gasteiger partial charge in [0.2, 0.25) is 0 Å². The second kappa shape index (κ2) is 7.94. The highest BCUT2D eigenvalue weighted by atomic mass is 16.6. The summed E-state index contributed by atoms with van der Waals surface area (Å²) in [6, 6.07) is 5.54. The Kier molecular flexibility index (Phi) is 5.48. The van der Waals surface area contributed by atoms with Crippen molar-refractivity contribution >= 4 is 17.5 Å². The Hall–Kier alpha value is -2.55. The van der Waals surface area contributed by atoms with Crippen molar-refractivity contribution in [2.75, 3.05) is 44.2 Å². The number of fused-ring (bicyclic) bond motifs is 3. The molecule has 4 rings (SSSR count). The number of piperazine rings is 1. The van der Waals surface area contributed by atoms with Crippen LogP contribution in [0.4, 0.5) is 16.2 Å². The van der Waals surface area contributed by atoms with Crippen LogP contribution in [-0.2, 0) is 4.74 Å². The summed E-state index contributed by atoms with van der Waals surface area (Å²) < 4.78 is 11.4. The van der Waals surface area contributed by atoms with Gasteiger partial charge in [0.05, 0.1) is 22.7 Å². The fourth-order valence-corrected chi connectivity index (χ4v) is 4.57. The number of hydrogen-bond acceptors (Lipinski definition) is 7. The molecular weight excluding hydrogens is 388 g/mol. The smallest absolute Gasteiger partial charge is 0.410 e. The first-order valence-corrected chi connectivity index (χ1v) is 10.6. The van der Waals surface area contributed by atoms with Crippen molar-refractivity contribution in [2.45, 2.75) is 51.3 Å². The number of ether oxygens (including phenoxy) is 2. The van der Waals surface area contributed by atoms with Gasteiger partial charge in [0, 0.05) is 44.8 Å². The SMILES string of the molecule is CC(C)(C)OC(=O)N1CCC(N2CCN3c4ccc([N+](=O)[O-])cc4OC[C@H]3C2)CC1. The van der Waals surface area contributed by atoms with Gasteiger partial charge in [0.25, 0.3) is 5.69 Å². The number of carbonyl (C=O) groups excluding carboxylic acids is 1. The number of amides is 1. The van der Waals surface area contributed by atoms with Crippen LogP contribution in [0.5, 0.6) is 5.75 Å². The van der Waals surface area contributed by atoms with Crippen molar-refractivity contribution in [2.24, 2.45) is 0 Å². The number of piperidine rings is 1. The first kappa shape index (κ1) is 20.7. The van der Waals surface area contributed by atoms with Crippen LogP contribution in [-0.4, -0.2) is 77.8 Å². The van der Waals surface area contributed by atoms with Gasteiger partial charge in [-0.15, -0.1) is 0 Å². The highest BCUT2D eigenvalue weighted by Crippen LogP contribution is 2.38. The molecule has 2 saturated heterocycles. The molecule has 1 aromatic rings. The third kappa shape index (κ3) is 4.30. The molecule has 0 aliphatic carbocycles. The molecule has 0 saturated carbocycles. The zero-order chi connectivity index (χ0) is 21.5. The molecule has 0 spiro atoms. The fourth-order valence-electron chi connectivity index (χ4n) is 4.57. The zero-order valence-corrected chi connectivity index (χ0v) is 17.9. The van der Waals surface area contributed by atoms with E-state index in [1.165, 1.54) is 6.07 Å². The molecule has 3 aliphatic heterocycles. The van der Waals surface area contributed by atoms with Crippen molar-refractivity contribution < 1.29 is 19.2 Å². The van der Waals surface area contributed by atoms with Crippen LogP contribution in [0.1, 0.15) is 33.6 Å². The van der Waals surface area contributed by atoms with Crippen LogP contribution in [0.15, 0.2) is 18.2 Å². The average molecular weight is 418 g/mol. The standard InChI is InChI=1S/C21H30N4O5/c1-21(2,3)30-20(26)22-8-6-15(7-9-22)23-10-11-24-17(13-23)14-29-19-12-16(25(27)28)4-5-18(19)24/h4-5,12,15,17H,6-11,13-14H2,1-3H3/t17-/m1/s1. The molecule has 1 aromatic carbocycles. The number of nitro benzene ring substituents is 1. The summed E-state index contributed by atoms with van der Waals surface area (Å²) in [6.07, 6.45) is 1.66. The zero-order valence-electron chi connectivity index (χ0n) is 17.9. The Morgan fingerprint density at radius 1 is 1.17 bits per heavy atom. The third-order valence-corrected chi connectivity index (χ3v) is 6.04. The Morgan fingerprint density at radius 2 is 1.90 bits per heavy atom. The van der Waals surface area contributed by atoms with Crippen LogP contribution in [0, 0.1) is 10.1 Å². The van der Waals surface area contributed by atoms with E-state index in [9.17, 15) is 14.9 Å². The maximum atomic E-state index is 12.3. The largest absolute Gasteiger partial charge is 0.489 e. The number of likely N-dealkylation sites (tertiary alicyclic amines) is 1. The summed E-state index contributed by atoms with van der Waals surface area (Å²) in [7, 11) is 0. The summed E-state index contributed by atoms with van der Waals surface area (Å²) in [5, 5.41) is 11.0. The lowest BCUT2D eigenvalue weighted by Crippen LogP contribution is -2.60. The highest BCUT2D eigenvalue weighted by Gasteiger charge is 2.37. The minimum absolute atomic E-state index is 0.0579. The molecular formula is C21H30N4O5. The molecule has 164 valence electrons. The van der Waals surface area contributed by atoms with Gasteiger partial charge in [-0.25, -0.2) is 4.79 Å². The number of hydrogen-bond donors (Lipinski definition) is 0. The van der Waals surface area contributed by atoms with E-state index in [0.717, 1.165) is 38.2 Å². The molecule has 0 aromatic heterocycles. The molecule has 0 unspecified atom stereocenters. The van der Waals surface area contributed by atoms with Gasteiger partial charge in [-0.1, -0.05) is 0 Å². The van der Waals surface area contributed by atoms with Crippen LogP contribution < -0.4 is 9.64 Å². The average Bonchev–Trinajstić information content (AvgIpc) is 2.71. The summed E-state index contributed by atoms with van der Waals surface area (Å²) in [5.74, 6) is 0.597. The third-order valence-electron chi connectivity index (χ3n) is 6.04. The molecule has 9 nitrogen and oxygen atoms in total. The van der Waals surface area contributed by atoms with E-state index in [-0.39, 0.29) is 17.8 Å². The van der Waals surface area contributed by atoms with Crippen molar-refractivity contribution in [3.05, 3.63) is 28.3 Å². The molecule has 9 heteroatoms. The topological polar surface area (TPSA) is 88.4 Å². The van der Waals surface area contributed by atoms with Crippen molar-refractivity contribution in [1.82, 2.24) is 9.80 Å². The van der Waals surface area contributed by atoms with E-state index in [1.54, 1.807) is 12.1 Å². The Balaban J connectivity index is 1.34. The van der Waals surface area contributed by atoms with E-state index in [4.69, 9.17) is 9.47 Å². The summed E-state index contributed by atoms with van der Waals surface area (Å²) >= 11 is 0. The first-order chi connectivity index (χ1) is 14.2. The molecule has 0 N–H and O–H groups in total. The van der Waals surface area contributed by atoms with Crippen molar-refractivity contribution in [3.63, 3.8) is 0 Å². The molecule has 3 aliphatic rings. The number of anilines is 1. The quantitative estimate of drug-likeness (QED) is 0.539. The highest BCUT2D eigenvalue weighted by molar-refractivity contribution is 5.68. The van der Waals surface area contributed by atoms with Gasteiger partial charge in [-0.05, 0) is 39.7 Å². The van der Waals surface area contributed by atoms with Crippen molar-refractivity contribution in [3.8, 4) is 5.75 Å². The molecule has 1 atom stereocenters. The molecule has 0 radical (unpaired) electrons. The van der Waals surface area contributed by atoms with Gasteiger partial charge in [-0.2, -0.15) is 0 Å². The predicted molar refractivity (Wildman–Crippen MR) is 112 cm³/mol. The van der Waals surface area contributed by atoms with Gasteiger partial charge < -0.3 is 19.3 Å². The fraction of sp³-hybridized carbons (Fsp3) is 0.667. The van der Waals surface area contributed by atoms with Crippen LogP contribution in [0.25, 0.3) is 0 Å². The van der Waals surface area contributed by atoms with E-state index in [0.29, 0.717) is 31.5 Å². The van der Waals surface area contributed by atoms with Crippen molar-refractivity contribution in [1.29, 1.82) is 0 Å². The van der Waals surface area contributed by atoms with Gasteiger partial charge in [0.15, 0.2) is 0 Å². The molecule has 3 heterocycles. The summed E-state index contributed by atoms with van der Waals surface area (Å²) in [5.41, 5.74) is 0.529. The normalized spacial score (nSPS) is 22.7. The van der Waals surface area contributed by atoms with Gasteiger partial charge in [-0.3, -0.25) is 15.0 Å². The summed E-state index contributed by atoms with van der Waals surface area (Å²) in [6.45, 7) is 10.3. The monoisotopic (exact) mass is 418 g/mol. The first-order valence-electron chi connectivity index (χ1n) is 10.6. The number of nitro groups is 1. The Labute approximate surface area is 176 Å². The van der Waals surface area contributed by atoms with Crippen LogP contribution in [0.2, 0.25) is 0 Å². The second-order valence-corrected chi connectivity index (χ2v) is 9.26. The van der Waals surface area contributed by atoms with Gasteiger partial charge >= 0.3 is 6.09 Å². The van der Waals surface area contributed by atoms with E-state index in [2.05, 4.69) is 9.80 Å².